The van der Waals surface area contributed by atoms with E-state index in [4.69, 9.17) is 18.9 Å². The van der Waals surface area contributed by atoms with Gasteiger partial charge in [-0.05, 0) is 46.3 Å². The Kier molecular flexibility index (Phi) is 6.28. The van der Waals surface area contributed by atoms with Gasteiger partial charge < -0.3 is 18.9 Å². The van der Waals surface area contributed by atoms with Gasteiger partial charge >= 0.3 is 5.97 Å². The molecule has 0 N–H and O–H groups in total. The Morgan fingerprint density at radius 2 is 1.87 bits per heavy atom. The van der Waals surface area contributed by atoms with Crippen LogP contribution in [0.4, 0.5) is 0 Å². The summed E-state index contributed by atoms with van der Waals surface area (Å²) >= 11 is 3.27. The van der Waals surface area contributed by atoms with Gasteiger partial charge in [0.1, 0.15) is 13.2 Å². The molecule has 0 saturated carbocycles. The first-order chi connectivity index (χ1) is 14.4. The molecule has 30 heavy (non-hydrogen) atoms. The summed E-state index contributed by atoms with van der Waals surface area (Å²) in [6, 6.07) is 11.6. The second-order valence-corrected chi connectivity index (χ2v) is 9.52. The average Bonchev–Trinajstić information content (AvgIpc) is 2.78. The van der Waals surface area contributed by atoms with Gasteiger partial charge in [-0.2, -0.15) is 4.31 Å². The van der Waals surface area contributed by atoms with Gasteiger partial charge in [-0.15, -0.1) is 0 Å². The summed E-state index contributed by atoms with van der Waals surface area (Å²) in [6.45, 7) is 1.44. The number of sulfonamides is 1. The van der Waals surface area contributed by atoms with Crippen LogP contribution in [0.15, 0.2) is 51.8 Å². The van der Waals surface area contributed by atoms with Crippen molar-refractivity contribution in [1.29, 1.82) is 0 Å². The van der Waals surface area contributed by atoms with E-state index in [-0.39, 0.29) is 36.8 Å². The standard InChI is InChI=1S/C20H20BrNO7S/c21-16-6-5-14(11-19(16)30(24,25)22-7-9-26-10-8-22)20(23)28-13-15-12-27-17-3-1-2-4-18(17)29-15/h1-6,11,15H,7-10,12-13H2. The second-order valence-electron chi connectivity index (χ2n) is 6.76. The predicted molar refractivity (Wildman–Crippen MR) is 110 cm³/mol. The number of carbonyl (C=O) groups excluding carboxylic acids is 1. The van der Waals surface area contributed by atoms with E-state index in [9.17, 15) is 13.2 Å². The highest BCUT2D eigenvalue weighted by molar-refractivity contribution is 9.10. The van der Waals surface area contributed by atoms with Gasteiger partial charge in [0.15, 0.2) is 17.6 Å². The van der Waals surface area contributed by atoms with Crippen LogP contribution in [0.1, 0.15) is 10.4 Å². The molecule has 1 atom stereocenters. The first-order valence-corrected chi connectivity index (χ1v) is 11.6. The van der Waals surface area contributed by atoms with Crippen LogP contribution in [-0.2, 0) is 19.5 Å². The Bertz CT molecular complexity index is 1040. The molecule has 4 rings (SSSR count). The average molecular weight is 498 g/mol. The number of hydrogen-bond donors (Lipinski definition) is 0. The van der Waals surface area contributed by atoms with Crippen LogP contribution in [0.5, 0.6) is 11.5 Å². The van der Waals surface area contributed by atoms with Crippen LogP contribution in [0.3, 0.4) is 0 Å². The largest absolute Gasteiger partial charge is 0.486 e. The van der Waals surface area contributed by atoms with Crippen LogP contribution in [0.2, 0.25) is 0 Å². The fraction of sp³-hybridized carbons (Fsp3) is 0.350. The number of rotatable bonds is 5. The number of ether oxygens (including phenoxy) is 4. The van der Waals surface area contributed by atoms with Crippen molar-refractivity contribution < 1.29 is 32.2 Å². The van der Waals surface area contributed by atoms with Crippen LogP contribution >= 0.6 is 15.9 Å². The van der Waals surface area contributed by atoms with E-state index in [1.165, 1.54) is 22.5 Å². The zero-order chi connectivity index (χ0) is 21.1. The molecule has 0 amide bonds. The molecular formula is C20H20BrNO7S. The Morgan fingerprint density at radius 3 is 2.63 bits per heavy atom. The first-order valence-electron chi connectivity index (χ1n) is 9.38. The van der Waals surface area contributed by atoms with E-state index < -0.39 is 22.1 Å². The third-order valence-electron chi connectivity index (χ3n) is 4.72. The number of benzene rings is 2. The molecule has 2 aliphatic rings. The molecule has 0 radical (unpaired) electrons. The number of para-hydroxylation sites is 2. The Hall–Kier alpha value is -2.14. The van der Waals surface area contributed by atoms with E-state index in [1.807, 2.05) is 12.1 Å². The maximum absolute atomic E-state index is 13.0. The normalized spacial score (nSPS) is 19.3. The SMILES string of the molecule is O=C(OCC1COc2ccccc2O1)c1ccc(Br)c(S(=O)(=O)N2CCOCC2)c1. The van der Waals surface area contributed by atoms with Crippen LogP contribution in [0, 0.1) is 0 Å². The van der Waals surface area contributed by atoms with E-state index in [1.54, 1.807) is 12.1 Å². The maximum atomic E-state index is 13.0. The molecule has 2 aliphatic heterocycles. The minimum absolute atomic E-state index is 0.0185. The predicted octanol–water partition coefficient (Wildman–Crippen LogP) is 2.47. The summed E-state index contributed by atoms with van der Waals surface area (Å²) in [5.74, 6) is 0.599. The molecule has 1 fully saturated rings. The molecule has 2 aromatic carbocycles. The molecule has 0 spiro atoms. The lowest BCUT2D eigenvalue weighted by molar-refractivity contribution is 0.0109. The van der Waals surface area contributed by atoms with Crippen molar-refractivity contribution in [2.75, 3.05) is 39.5 Å². The van der Waals surface area contributed by atoms with Gasteiger partial charge in [-0.1, -0.05) is 12.1 Å². The number of hydrogen-bond acceptors (Lipinski definition) is 7. The van der Waals surface area contributed by atoms with Gasteiger partial charge in [-0.25, -0.2) is 13.2 Å². The highest BCUT2D eigenvalue weighted by Gasteiger charge is 2.29. The van der Waals surface area contributed by atoms with Gasteiger partial charge in [-0.3, -0.25) is 0 Å². The second kappa shape index (κ2) is 8.93. The Balaban J connectivity index is 1.44. The monoisotopic (exact) mass is 497 g/mol. The van der Waals surface area contributed by atoms with E-state index >= 15 is 0 Å². The zero-order valence-corrected chi connectivity index (χ0v) is 18.4. The van der Waals surface area contributed by atoms with Crippen molar-refractivity contribution in [3.05, 3.63) is 52.5 Å². The van der Waals surface area contributed by atoms with E-state index in [2.05, 4.69) is 15.9 Å². The number of fused-ring (bicyclic) bond motifs is 1. The summed E-state index contributed by atoms with van der Waals surface area (Å²) in [4.78, 5) is 12.6. The minimum Gasteiger partial charge on any atom is -0.486 e. The maximum Gasteiger partial charge on any atom is 0.338 e. The number of carbonyl (C=O) groups is 1. The number of nitrogens with zero attached hydrogens (tertiary/aromatic N) is 1. The summed E-state index contributed by atoms with van der Waals surface area (Å²) in [7, 11) is -3.76. The third kappa shape index (κ3) is 4.46. The number of esters is 1. The van der Waals surface area contributed by atoms with Crippen molar-refractivity contribution in [3.63, 3.8) is 0 Å². The van der Waals surface area contributed by atoms with Crippen LogP contribution in [0.25, 0.3) is 0 Å². The van der Waals surface area contributed by atoms with Crippen LogP contribution < -0.4 is 9.47 Å². The lowest BCUT2D eigenvalue weighted by Gasteiger charge is -2.27. The van der Waals surface area contributed by atoms with E-state index in [0.717, 1.165) is 0 Å². The zero-order valence-electron chi connectivity index (χ0n) is 16.0. The van der Waals surface area contributed by atoms with Crippen molar-refractivity contribution in [3.8, 4) is 11.5 Å². The molecule has 0 aromatic heterocycles. The van der Waals surface area contributed by atoms with Crippen molar-refractivity contribution in [1.82, 2.24) is 4.31 Å². The molecule has 8 nitrogen and oxygen atoms in total. The minimum atomic E-state index is -3.76. The fourth-order valence-corrected chi connectivity index (χ4v) is 5.51. The molecule has 2 aromatic rings. The quantitative estimate of drug-likeness (QED) is 0.585. The highest BCUT2D eigenvalue weighted by atomic mass is 79.9. The van der Waals surface area contributed by atoms with Gasteiger partial charge in [0.25, 0.3) is 0 Å². The molecule has 1 saturated heterocycles. The summed E-state index contributed by atoms with van der Waals surface area (Å²) in [6.07, 6.45) is -0.448. The molecule has 160 valence electrons. The smallest absolute Gasteiger partial charge is 0.338 e. The van der Waals surface area contributed by atoms with E-state index in [0.29, 0.717) is 29.2 Å². The molecule has 10 heteroatoms. The lowest BCUT2D eigenvalue weighted by atomic mass is 10.2. The Morgan fingerprint density at radius 1 is 1.13 bits per heavy atom. The summed E-state index contributed by atoms with van der Waals surface area (Å²) < 4.78 is 49.6. The third-order valence-corrected chi connectivity index (χ3v) is 7.62. The van der Waals surface area contributed by atoms with Crippen molar-refractivity contribution in [2.24, 2.45) is 0 Å². The summed E-state index contributed by atoms with van der Waals surface area (Å²) in [5, 5.41) is 0. The first kappa shape index (κ1) is 21.1. The van der Waals surface area contributed by atoms with Crippen molar-refractivity contribution in [2.45, 2.75) is 11.0 Å². The Labute approximate surface area is 182 Å². The molecule has 0 bridgehead atoms. The number of halogens is 1. The van der Waals surface area contributed by atoms with Crippen molar-refractivity contribution >= 4 is 31.9 Å². The highest BCUT2D eigenvalue weighted by Crippen LogP contribution is 2.31. The van der Waals surface area contributed by atoms with Crippen LogP contribution in [-0.4, -0.2) is 64.3 Å². The summed E-state index contributed by atoms with van der Waals surface area (Å²) in [5.41, 5.74) is 0.141. The number of morpholine rings is 1. The molecule has 2 heterocycles. The lowest BCUT2D eigenvalue weighted by Crippen LogP contribution is -2.40. The van der Waals surface area contributed by atoms with Gasteiger partial charge in [0.2, 0.25) is 10.0 Å². The van der Waals surface area contributed by atoms with Gasteiger partial charge in [0, 0.05) is 17.6 Å². The molecule has 1 unspecified atom stereocenters. The molecule has 0 aliphatic carbocycles. The topological polar surface area (TPSA) is 91.4 Å². The van der Waals surface area contributed by atoms with Gasteiger partial charge in [0.05, 0.1) is 23.7 Å². The molecular weight excluding hydrogens is 478 g/mol. The fourth-order valence-electron chi connectivity index (χ4n) is 3.15.